The highest BCUT2D eigenvalue weighted by atomic mass is 31.2. The van der Waals surface area contributed by atoms with Crippen LogP contribution in [0.1, 0.15) is 26.7 Å². The van der Waals surface area contributed by atoms with Crippen molar-refractivity contribution in [1.82, 2.24) is 19.2 Å². The molecule has 1 aliphatic carbocycles. The molecule has 1 saturated carbocycles. The van der Waals surface area contributed by atoms with Crippen LogP contribution in [0.2, 0.25) is 0 Å². The van der Waals surface area contributed by atoms with Crippen molar-refractivity contribution in [3.05, 3.63) is 60.9 Å². The van der Waals surface area contributed by atoms with Gasteiger partial charge in [-0.25, -0.2) is 9.67 Å². The van der Waals surface area contributed by atoms with Crippen molar-refractivity contribution in [1.29, 1.82) is 0 Å². The molecule has 0 spiro atoms. The number of anilines is 1. The summed E-state index contributed by atoms with van der Waals surface area (Å²) in [6.07, 6.45) is 5.07. The van der Waals surface area contributed by atoms with Gasteiger partial charge in [0.25, 0.3) is 0 Å². The number of amides is 1. The Kier molecular flexibility index (Phi) is 5.01. The molecule has 5 rings (SSSR count). The SMILES string of the molecule is CC1(C)CC(C(=O)Nc2cn3c(-c4cccc(-n5ccc(P(=O)(O)O)n5)c4)cccc3n2)C1. The molecule has 170 valence electrons. The minimum atomic E-state index is -4.42. The summed E-state index contributed by atoms with van der Waals surface area (Å²) >= 11 is 0. The monoisotopic (exact) mass is 465 g/mol. The first kappa shape index (κ1) is 21.6. The van der Waals surface area contributed by atoms with Gasteiger partial charge in [0.2, 0.25) is 5.91 Å². The molecular formula is C23H24N5O4P. The van der Waals surface area contributed by atoms with Crippen LogP contribution in [-0.4, -0.2) is 34.9 Å². The number of fused-ring (bicyclic) bond motifs is 1. The fourth-order valence-corrected chi connectivity index (χ4v) is 4.89. The molecule has 9 nitrogen and oxygen atoms in total. The summed E-state index contributed by atoms with van der Waals surface area (Å²) in [6.45, 7) is 4.33. The van der Waals surface area contributed by atoms with Gasteiger partial charge in [-0.15, -0.1) is 0 Å². The van der Waals surface area contributed by atoms with Crippen LogP contribution in [0.25, 0.3) is 22.6 Å². The molecule has 1 aliphatic rings. The average molecular weight is 465 g/mol. The quantitative estimate of drug-likeness (QED) is 0.389. The van der Waals surface area contributed by atoms with Gasteiger partial charge in [0.05, 0.1) is 17.6 Å². The first-order valence-corrected chi connectivity index (χ1v) is 12.2. The van der Waals surface area contributed by atoms with E-state index in [9.17, 15) is 19.1 Å². The minimum absolute atomic E-state index is 0.000760. The molecule has 1 fully saturated rings. The number of hydrogen-bond acceptors (Lipinski definition) is 4. The number of benzene rings is 1. The van der Waals surface area contributed by atoms with Gasteiger partial charge in [-0.2, -0.15) is 5.10 Å². The van der Waals surface area contributed by atoms with Gasteiger partial charge < -0.3 is 15.1 Å². The van der Waals surface area contributed by atoms with E-state index in [1.54, 1.807) is 12.3 Å². The van der Waals surface area contributed by atoms with Crippen LogP contribution in [0.5, 0.6) is 0 Å². The Hall–Kier alpha value is -3.26. The number of pyridine rings is 1. The van der Waals surface area contributed by atoms with E-state index in [-0.39, 0.29) is 22.7 Å². The molecular weight excluding hydrogens is 441 g/mol. The third-order valence-electron chi connectivity index (χ3n) is 5.99. The van der Waals surface area contributed by atoms with E-state index in [0.29, 0.717) is 17.2 Å². The van der Waals surface area contributed by atoms with E-state index in [1.807, 2.05) is 40.8 Å². The zero-order chi connectivity index (χ0) is 23.4. The lowest BCUT2D eigenvalue weighted by Gasteiger charge is -2.41. The van der Waals surface area contributed by atoms with Crippen LogP contribution in [0.3, 0.4) is 0 Å². The predicted molar refractivity (Wildman–Crippen MR) is 125 cm³/mol. The Morgan fingerprint density at radius 1 is 1.15 bits per heavy atom. The number of rotatable bonds is 5. The molecule has 0 atom stereocenters. The van der Waals surface area contributed by atoms with Gasteiger partial charge in [-0.1, -0.05) is 32.0 Å². The van der Waals surface area contributed by atoms with Crippen LogP contribution in [0.15, 0.2) is 60.9 Å². The smallest absolute Gasteiger partial charge is 0.320 e. The van der Waals surface area contributed by atoms with Crippen molar-refractivity contribution in [2.75, 3.05) is 5.32 Å². The molecule has 3 heterocycles. The number of nitrogens with one attached hydrogen (secondary N) is 1. The molecule has 33 heavy (non-hydrogen) atoms. The predicted octanol–water partition coefficient (Wildman–Crippen LogP) is 3.36. The molecule has 4 aromatic rings. The van der Waals surface area contributed by atoms with Gasteiger partial charge in [0.15, 0.2) is 11.3 Å². The highest BCUT2D eigenvalue weighted by Crippen LogP contribution is 2.45. The highest BCUT2D eigenvalue weighted by molar-refractivity contribution is 7.60. The fraction of sp³-hybridized carbons (Fsp3) is 0.261. The first-order valence-electron chi connectivity index (χ1n) is 10.6. The van der Waals surface area contributed by atoms with Gasteiger partial charge in [0, 0.05) is 17.7 Å². The van der Waals surface area contributed by atoms with Gasteiger partial charge >= 0.3 is 7.60 Å². The molecule has 3 aromatic heterocycles. The average Bonchev–Trinajstić information content (AvgIpc) is 3.38. The lowest BCUT2D eigenvalue weighted by Crippen LogP contribution is -2.39. The summed E-state index contributed by atoms with van der Waals surface area (Å²) in [6, 6.07) is 14.5. The summed E-state index contributed by atoms with van der Waals surface area (Å²) < 4.78 is 14.8. The van der Waals surface area contributed by atoms with E-state index >= 15 is 0 Å². The van der Waals surface area contributed by atoms with Crippen molar-refractivity contribution in [2.24, 2.45) is 11.3 Å². The second kappa shape index (κ2) is 7.66. The molecule has 0 radical (unpaired) electrons. The maximum absolute atomic E-state index is 12.6. The third kappa shape index (κ3) is 4.23. The van der Waals surface area contributed by atoms with E-state index in [1.165, 1.54) is 16.9 Å². The number of hydrogen-bond donors (Lipinski definition) is 3. The Bertz CT molecular complexity index is 1410. The molecule has 0 bridgehead atoms. The van der Waals surface area contributed by atoms with E-state index in [2.05, 4.69) is 29.2 Å². The summed E-state index contributed by atoms with van der Waals surface area (Å²) in [7, 11) is -4.42. The van der Waals surface area contributed by atoms with Crippen LogP contribution in [-0.2, 0) is 9.36 Å². The first-order chi connectivity index (χ1) is 15.6. The number of nitrogens with zero attached hydrogens (tertiary/aromatic N) is 4. The fourth-order valence-electron chi connectivity index (χ4n) is 4.42. The van der Waals surface area contributed by atoms with Crippen molar-refractivity contribution < 1.29 is 19.1 Å². The van der Waals surface area contributed by atoms with Crippen LogP contribution in [0, 0.1) is 11.3 Å². The molecule has 3 N–H and O–H groups in total. The van der Waals surface area contributed by atoms with Crippen LogP contribution < -0.4 is 10.8 Å². The summed E-state index contributed by atoms with van der Waals surface area (Å²) in [5, 5.41) is 6.96. The zero-order valence-electron chi connectivity index (χ0n) is 18.2. The molecule has 1 aromatic carbocycles. The standard InChI is InChI=1S/C23H24N5O4P/c1-23(2)12-16(13-23)22(29)25-19-14-27-18(7-4-8-20(27)24-19)15-5-3-6-17(11-15)28-10-9-21(26-28)33(30,31)32/h3-11,14,16H,12-13H2,1-2H3,(H,25,29)(H2,30,31,32). The van der Waals surface area contributed by atoms with Gasteiger partial charge in [0.1, 0.15) is 5.65 Å². The van der Waals surface area contributed by atoms with Gasteiger partial charge in [-0.3, -0.25) is 13.8 Å². The maximum Gasteiger partial charge on any atom is 0.376 e. The third-order valence-corrected chi connectivity index (χ3v) is 6.83. The van der Waals surface area contributed by atoms with Crippen molar-refractivity contribution in [3.63, 3.8) is 0 Å². The van der Waals surface area contributed by atoms with E-state index in [0.717, 1.165) is 24.1 Å². The lowest BCUT2D eigenvalue weighted by molar-refractivity contribution is -0.126. The Morgan fingerprint density at radius 3 is 2.61 bits per heavy atom. The Morgan fingerprint density at radius 2 is 1.91 bits per heavy atom. The summed E-state index contributed by atoms with van der Waals surface area (Å²) in [5.74, 6) is 0.528. The molecule has 0 aliphatic heterocycles. The van der Waals surface area contributed by atoms with Crippen molar-refractivity contribution in [3.8, 4) is 16.9 Å². The molecule has 0 saturated heterocycles. The number of carbonyl (C=O) groups is 1. The number of aromatic nitrogens is 4. The van der Waals surface area contributed by atoms with Crippen molar-refractivity contribution in [2.45, 2.75) is 26.7 Å². The van der Waals surface area contributed by atoms with Gasteiger partial charge in [-0.05, 0) is 48.6 Å². The second-order valence-corrected chi connectivity index (χ2v) is 10.8. The Balaban J connectivity index is 1.44. The Labute approximate surface area is 190 Å². The maximum atomic E-state index is 12.6. The molecule has 10 heteroatoms. The highest BCUT2D eigenvalue weighted by Gasteiger charge is 2.40. The number of carbonyl (C=O) groups excluding carboxylic acids is 1. The summed E-state index contributed by atoms with van der Waals surface area (Å²) in [4.78, 5) is 35.8. The minimum Gasteiger partial charge on any atom is -0.320 e. The van der Waals surface area contributed by atoms with Crippen molar-refractivity contribution >= 4 is 30.4 Å². The molecule has 1 amide bonds. The van der Waals surface area contributed by atoms with E-state index in [4.69, 9.17) is 0 Å². The second-order valence-electron chi connectivity index (χ2n) is 9.24. The zero-order valence-corrected chi connectivity index (χ0v) is 19.1. The number of imidazole rings is 1. The topological polar surface area (TPSA) is 122 Å². The van der Waals surface area contributed by atoms with Crippen LogP contribution >= 0.6 is 7.60 Å². The lowest BCUT2D eigenvalue weighted by atomic mass is 9.64. The molecule has 0 unspecified atom stereocenters. The largest absolute Gasteiger partial charge is 0.376 e. The van der Waals surface area contributed by atoms with E-state index < -0.39 is 7.60 Å². The van der Waals surface area contributed by atoms with Crippen LogP contribution in [0.4, 0.5) is 5.82 Å². The summed E-state index contributed by atoms with van der Waals surface area (Å²) in [5.41, 5.74) is 3.02. The normalized spacial score (nSPS) is 16.0.